The van der Waals surface area contributed by atoms with Gasteiger partial charge in [-0.25, -0.2) is 9.97 Å². The number of anilines is 1. The number of aromatic nitrogens is 4. The smallest absolute Gasteiger partial charge is 0.204 e. The van der Waals surface area contributed by atoms with E-state index < -0.39 is 0 Å². The van der Waals surface area contributed by atoms with E-state index in [0.717, 1.165) is 39.3 Å². The van der Waals surface area contributed by atoms with E-state index in [1.54, 1.807) is 0 Å². The summed E-state index contributed by atoms with van der Waals surface area (Å²) in [5.74, 6) is 0.881. The van der Waals surface area contributed by atoms with Crippen molar-refractivity contribution in [1.82, 2.24) is 18.9 Å². The minimum Gasteiger partial charge on any atom is -0.350 e. The second-order valence-electron chi connectivity index (χ2n) is 5.34. The van der Waals surface area contributed by atoms with Gasteiger partial charge < -0.3 is 14.3 Å². The molecule has 0 aliphatic carbocycles. The maximum Gasteiger partial charge on any atom is 0.204 e. The standard InChI is InChI=1S/C17H16BrN5/c1-2-22-15-7-6-12(18)9-14(15)21-17(22)20-11-13-10-19-16-5-3-4-8-23(13)16/h3-10H,2,11H2,1H3,(H,20,21). The van der Waals surface area contributed by atoms with Gasteiger partial charge in [0.15, 0.2) is 0 Å². The van der Waals surface area contributed by atoms with Crippen LogP contribution in [0.5, 0.6) is 0 Å². The molecule has 3 aromatic heterocycles. The fraction of sp³-hybridized carbons (Fsp3) is 0.176. The van der Waals surface area contributed by atoms with Crippen LogP contribution in [0, 0.1) is 0 Å². The van der Waals surface area contributed by atoms with Gasteiger partial charge in [0.2, 0.25) is 5.95 Å². The minimum atomic E-state index is 0.676. The molecule has 0 spiro atoms. The molecule has 1 N–H and O–H groups in total. The van der Waals surface area contributed by atoms with E-state index in [2.05, 4.69) is 48.2 Å². The molecule has 3 heterocycles. The van der Waals surface area contributed by atoms with E-state index in [1.807, 2.05) is 42.7 Å². The van der Waals surface area contributed by atoms with Gasteiger partial charge in [-0.05, 0) is 37.3 Å². The molecule has 23 heavy (non-hydrogen) atoms. The van der Waals surface area contributed by atoms with Gasteiger partial charge in [0.05, 0.1) is 29.5 Å². The monoisotopic (exact) mass is 369 g/mol. The molecule has 0 saturated carbocycles. The first-order valence-electron chi connectivity index (χ1n) is 7.57. The van der Waals surface area contributed by atoms with Crippen molar-refractivity contribution in [3.63, 3.8) is 0 Å². The zero-order valence-corrected chi connectivity index (χ0v) is 14.3. The highest BCUT2D eigenvalue weighted by Gasteiger charge is 2.10. The Morgan fingerprint density at radius 2 is 2.13 bits per heavy atom. The van der Waals surface area contributed by atoms with Crippen LogP contribution < -0.4 is 5.32 Å². The Kier molecular flexibility index (Phi) is 3.53. The number of hydrogen-bond acceptors (Lipinski definition) is 3. The van der Waals surface area contributed by atoms with Crippen LogP contribution in [0.2, 0.25) is 0 Å². The SMILES string of the molecule is CCn1c(NCc2cnc3ccccn23)nc2cc(Br)ccc21. The van der Waals surface area contributed by atoms with Gasteiger partial charge in [-0.2, -0.15) is 0 Å². The van der Waals surface area contributed by atoms with E-state index in [4.69, 9.17) is 4.98 Å². The van der Waals surface area contributed by atoms with E-state index in [1.165, 1.54) is 0 Å². The Hall–Kier alpha value is -2.34. The summed E-state index contributed by atoms with van der Waals surface area (Å²) in [6.07, 6.45) is 3.93. The van der Waals surface area contributed by atoms with Crippen LogP contribution in [0.4, 0.5) is 5.95 Å². The average Bonchev–Trinajstić information content (AvgIpc) is 3.13. The van der Waals surface area contributed by atoms with Crippen LogP contribution >= 0.6 is 15.9 Å². The van der Waals surface area contributed by atoms with E-state index in [-0.39, 0.29) is 0 Å². The Labute approximate surface area is 142 Å². The normalized spacial score (nSPS) is 11.4. The topological polar surface area (TPSA) is 47.2 Å². The van der Waals surface area contributed by atoms with Crippen LogP contribution in [-0.4, -0.2) is 18.9 Å². The molecule has 6 heteroatoms. The van der Waals surface area contributed by atoms with E-state index >= 15 is 0 Å². The third kappa shape index (κ3) is 2.49. The number of nitrogens with zero attached hydrogens (tertiary/aromatic N) is 4. The summed E-state index contributed by atoms with van der Waals surface area (Å²) in [6.45, 7) is 3.67. The molecule has 1 aromatic carbocycles. The number of pyridine rings is 1. The van der Waals surface area contributed by atoms with Gasteiger partial charge in [0, 0.05) is 17.2 Å². The molecule has 0 radical (unpaired) electrons. The van der Waals surface area contributed by atoms with Gasteiger partial charge in [-0.1, -0.05) is 22.0 Å². The zero-order valence-electron chi connectivity index (χ0n) is 12.7. The van der Waals surface area contributed by atoms with Crippen molar-refractivity contribution in [3.05, 3.63) is 59.0 Å². The number of benzene rings is 1. The lowest BCUT2D eigenvalue weighted by molar-refractivity contribution is 0.785. The fourth-order valence-electron chi connectivity index (χ4n) is 2.84. The van der Waals surface area contributed by atoms with Gasteiger partial charge in [0.1, 0.15) is 5.65 Å². The summed E-state index contributed by atoms with van der Waals surface area (Å²) in [5.41, 5.74) is 4.19. The Bertz CT molecular complexity index is 985. The molecule has 0 saturated heterocycles. The Morgan fingerprint density at radius 1 is 1.22 bits per heavy atom. The highest BCUT2D eigenvalue weighted by molar-refractivity contribution is 9.10. The van der Waals surface area contributed by atoms with E-state index in [0.29, 0.717) is 6.54 Å². The number of fused-ring (bicyclic) bond motifs is 2. The number of halogens is 1. The van der Waals surface area contributed by atoms with Crippen LogP contribution in [0.1, 0.15) is 12.6 Å². The van der Waals surface area contributed by atoms with Crippen molar-refractivity contribution in [2.45, 2.75) is 20.0 Å². The van der Waals surface area contributed by atoms with Gasteiger partial charge in [-0.15, -0.1) is 0 Å². The minimum absolute atomic E-state index is 0.676. The molecule has 0 bridgehead atoms. The Balaban J connectivity index is 1.67. The maximum atomic E-state index is 4.72. The lowest BCUT2D eigenvalue weighted by atomic mass is 10.3. The van der Waals surface area contributed by atoms with Crippen LogP contribution in [0.15, 0.2) is 53.3 Å². The number of aryl methyl sites for hydroxylation is 1. The molecule has 0 aliphatic rings. The summed E-state index contributed by atoms with van der Waals surface area (Å²) in [4.78, 5) is 9.13. The van der Waals surface area contributed by atoms with Gasteiger partial charge >= 0.3 is 0 Å². The number of hydrogen-bond donors (Lipinski definition) is 1. The molecular weight excluding hydrogens is 354 g/mol. The third-order valence-electron chi connectivity index (χ3n) is 3.95. The second-order valence-corrected chi connectivity index (χ2v) is 6.26. The first-order chi connectivity index (χ1) is 11.3. The van der Waals surface area contributed by atoms with Crippen LogP contribution in [0.25, 0.3) is 16.7 Å². The fourth-order valence-corrected chi connectivity index (χ4v) is 3.19. The summed E-state index contributed by atoms with van der Waals surface area (Å²) < 4.78 is 5.31. The summed E-state index contributed by atoms with van der Waals surface area (Å²) >= 11 is 3.50. The molecule has 0 unspecified atom stereocenters. The number of nitrogens with one attached hydrogen (secondary N) is 1. The van der Waals surface area contributed by atoms with E-state index in [9.17, 15) is 0 Å². The lowest BCUT2D eigenvalue weighted by Gasteiger charge is -2.08. The first-order valence-corrected chi connectivity index (χ1v) is 8.36. The second kappa shape index (κ2) is 5.70. The maximum absolute atomic E-state index is 4.72. The molecule has 5 nitrogen and oxygen atoms in total. The predicted octanol–water partition coefficient (Wildman–Crippen LogP) is 4.08. The summed E-state index contributed by atoms with van der Waals surface area (Å²) in [7, 11) is 0. The van der Waals surface area contributed by atoms with Gasteiger partial charge in [-0.3, -0.25) is 0 Å². The van der Waals surface area contributed by atoms with Crippen molar-refractivity contribution in [1.29, 1.82) is 0 Å². The number of rotatable bonds is 4. The molecule has 0 aliphatic heterocycles. The van der Waals surface area contributed by atoms with Crippen LogP contribution in [-0.2, 0) is 13.1 Å². The van der Waals surface area contributed by atoms with Crippen molar-refractivity contribution in [3.8, 4) is 0 Å². The quantitative estimate of drug-likeness (QED) is 0.589. The largest absolute Gasteiger partial charge is 0.350 e. The van der Waals surface area contributed by atoms with Crippen molar-refractivity contribution in [2.75, 3.05) is 5.32 Å². The molecule has 0 amide bonds. The summed E-state index contributed by atoms with van der Waals surface area (Å²) in [6, 6.07) is 12.2. The average molecular weight is 370 g/mol. The van der Waals surface area contributed by atoms with Crippen molar-refractivity contribution in [2.24, 2.45) is 0 Å². The molecular formula is C17H16BrN5. The molecule has 0 fully saturated rings. The predicted molar refractivity (Wildman–Crippen MR) is 95.6 cm³/mol. The third-order valence-corrected chi connectivity index (χ3v) is 4.44. The Morgan fingerprint density at radius 3 is 3.00 bits per heavy atom. The molecule has 4 rings (SSSR count). The van der Waals surface area contributed by atoms with Crippen molar-refractivity contribution < 1.29 is 0 Å². The molecule has 116 valence electrons. The first kappa shape index (κ1) is 14.3. The lowest BCUT2D eigenvalue weighted by Crippen LogP contribution is -2.08. The van der Waals surface area contributed by atoms with Crippen LogP contribution in [0.3, 0.4) is 0 Å². The van der Waals surface area contributed by atoms with Crippen molar-refractivity contribution >= 4 is 38.6 Å². The summed E-state index contributed by atoms with van der Waals surface area (Å²) in [5, 5.41) is 3.44. The van der Waals surface area contributed by atoms with Gasteiger partial charge in [0.25, 0.3) is 0 Å². The number of imidazole rings is 2. The highest BCUT2D eigenvalue weighted by Crippen LogP contribution is 2.23. The zero-order chi connectivity index (χ0) is 15.8. The molecule has 0 atom stereocenters. The molecule has 4 aromatic rings. The highest BCUT2D eigenvalue weighted by atomic mass is 79.9.